The number of phenols is 1. The van der Waals surface area contributed by atoms with Crippen molar-refractivity contribution in [3.8, 4) is 22.6 Å². The third-order valence-electron chi connectivity index (χ3n) is 3.34. The van der Waals surface area contributed by atoms with E-state index < -0.39 is 0 Å². The van der Waals surface area contributed by atoms with E-state index in [-0.39, 0.29) is 11.5 Å². The predicted molar refractivity (Wildman–Crippen MR) is 79.5 cm³/mol. The number of rotatable bonds is 4. The molecule has 0 spiro atoms. The normalized spacial score (nSPS) is 10.3. The van der Waals surface area contributed by atoms with Gasteiger partial charge in [-0.05, 0) is 54.8 Å². The molecule has 0 amide bonds. The van der Waals surface area contributed by atoms with Crippen molar-refractivity contribution in [3.63, 3.8) is 0 Å². The van der Waals surface area contributed by atoms with E-state index in [1.165, 1.54) is 18.6 Å². The van der Waals surface area contributed by atoms with Crippen LogP contribution in [0.3, 0.4) is 0 Å². The zero-order valence-corrected chi connectivity index (χ0v) is 11.9. The van der Waals surface area contributed by atoms with Crippen LogP contribution in [0.5, 0.6) is 11.5 Å². The largest absolute Gasteiger partial charge is 0.508 e. The van der Waals surface area contributed by atoms with Gasteiger partial charge >= 0.3 is 0 Å². The van der Waals surface area contributed by atoms with E-state index in [1.54, 1.807) is 19.2 Å². The lowest BCUT2D eigenvalue weighted by atomic mass is 9.94. The third-order valence-corrected chi connectivity index (χ3v) is 3.34. The topological polar surface area (TPSA) is 46.5 Å². The van der Waals surface area contributed by atoms with Crippen molar-refractivity contribution in [2.45, 2.75) is 20.3 Å². The lowest BCUT2D eigenvalue weighted by molar-refractivity contribution is 0.101. The fourth-order valence-electron chi connectivity index (χ4n) is 2.24. The Balaban J connectivity index is 2.69. The van der Waals surface area contributed by atoms with Crippen molar-refractivity contribution in [1.29, 1.82) is 0 Å². The van der Waals surface area contributed by atoms with Crippen LogP contribution >= 0.6 is 0 Å². The summed E-state index contributed by atoms with van der Waals surface area (Å²) in [5.74, 6) is 0.722. The molecular weight excluding hydrogens is 252 g/mol. The highest BCUT2D eigenvalue weighted by atomic mass is 16.5. The lowest BCUT2D eigenvalue weighted by Crippen LogP contribution is -1.98. The first-order chi connectivity index (χ1) is 9.56. The average Bonchev–Trinajstić information content (AvgIpc) is 2.46. The molecule has 0 bridgehead atoms. The van der Waals surface area contributed by atoms with Crippen LogP contribution in [0, 0.1) is 0 Å². The Labute approximate surface area is 118 Å². The summed E-state index contributed by atoms with van der Waals surface area (Å²) in [5.41, 5.74) is 3.32. The van der Waals surface area contributed by atoms with Gasteiger partial charge in [-0.1, -0.05) is 13.0 Å². The summed E-state index contributed by atoms with van der Waals surface area (Å²) in [5, 5.41) is 9.58. The van der Waals surface area contributed by atoms with Crippen molar-refractivity contribution >= 4 is 5.78 Å². The minimum Gasteiger partial charge on any atom is -0.508 e. The van der Waals surface area contributed by atoms with Crippen LogP contribution in [-0.2, 0) is 6.42 Å². The Morgan fingerprint density at radius 3 is 2.50 bits per heavy atom. The van der Waals surface area contributed by atoms with Gasteiger partial charge in [0.05, 0.1) is 7.11 Å². The van der Waals surface area contributed by atoms with E-state index in [9.17, 15) is 9.90 Å². The molecule has 0 radical (unpaired) electrons. The molecule has 2 aromatic carbocycles. The average molecular weight is 270 g/mol. The Hall–Kier alpha value is -2.29. The summed E-state index contributed by atoms with van der Waals surface area (Å²) >= 11 is 0. The van der Waals surface area contributed by atoms with Crippen molar-refractivity contribution in [1.82, 2.24) is 0 Å². The highest BCUT2D eigenvalue weighted by Crippen LogP contribution is 2.35. The zero-order valence-electron chi connectivity index (χ0n) is 11.9. The highest BCUT2D eigenvalue weighted by molar-refractivity contribution is 6.02. The van der Waals surface area contributed by atoms with Crippen LogP contribution in [0.2, 0.25) is 0 Å². The number of hydrogen-bond acceptors (Lipinski definition) is 3. The molecule has 3 heteroatoms. The standard InChI is InChI=1S/C17H18O3/c1-4-12-5-8-17(20-3)16(9-12)14-7-6-13(19)10-15(14)11(2)18/h5-10,19H,4H2,1-3H3. The van der Waals surface area contributed by atoms with Crippen LogP contribution in [0.4, 0.5) is 0 Å². The van der Waals surface area contributed by atoms with Crippen LogP contribution in [0.25, 0.3) is 11.1 Å². The molecule has 20 heavy (non-hydrogen) atoms. The SMILES string of the molecule is CCc1ccc(OC)c(-c2ccc(O)cc2C(C)=O)c1. The molecule has 1 N–H and O–H groups in total. The summed E-state index contributed by atoms with van der Waals surface area (Å²) in [6.07, 6.45) is 0.907. The van der Waals surface area contributed by atoms with E-state index in [4.69, 9.17) is 4.74 Å². The van der Waals surface area contributed by atoms with Gasteiger partial charge in [-0.25, -0.2) is 0 Å². The smallest absolute Gasteiger partial charge is 0.160 e. The van der Waals surface area contributed by atoms with Crippen LogP contribution in [-0.4, -0.2) is 18.0 Å². The van der Waals surface area contributed by atoms with Gasteiger partial charge in [-0.2, -0.15) is 0 Å². The molecule has 104 valence electrons. The van der Waals surface area contributed by atoms with Gasteiger partial charge in [0.15, 0.2) is 5.78 Å². The van der Waals surface area contributed by atoms with E-state index in [0.29, 0.717) is 5.56 Å². The number of aromatic hydroxyl groups is 1. The van der Waals surface area contributed by atoms with E-state index in [2.05, 4.69) is 6.92 Å². The van der Waals surface area contributed by atoms with Crippen molar-refractivity contribution in [2.75, 3.05) is 7.11 Å². The Kier molecular flexibility index (Phi) is 4.08. The summed E-state index contributed by atoms with van der Waals surface area (Å²) in [6.45, 7) is 3.57. The zero-order chi connectivity index (χ0) is 14.7. The fraction of sp³-hybridized carbons (Fsp3) is 0.235. The maximum Gasteiger partial charge on any atom is 0.160 e. The van der Waals surface area contributed by atoms with E-state index >= 15 is 0 Å². The van der Waals surface area contributed by atoms with Crippen LogP contribution in [0.1, 0.15) is 29.8 Å². The summed E-state index contributed by atoms with van der Waals surface area (Å²) < 4.78 is 5.39. The Bertz CT molecular complexity index is 645. The molecule has 0 fully saturated rings. The van der Waals surface area contributed by atoms with Crippen molar-refractivity contribution < 1.29 is 14.6 Å². The molecule has 0 atom stereocenters. The van der Waals surface area contributed by atoms with Crippen LogP contribution in [0.15, 0.2) is 36.4 Å². The van der Waals surface area contributed by atoms with E-state index in [0.717, 1.165) is 23.3 Å². The fourth-order valence-corrected chi connectivity index (χ4v) is 2.24. The lowest BCUT2D eigenvalue weighted by Gasteiger charge is -2.13. The first-order valence-electron chi connectivity index (χ1n) is 6.58. The number of hydrogen-bond donors (Lipinski definition) is 1. The molecule has 0 saturated heterocycles. The predicted octanol–water partition coefficient (Wildman–Crippen LogP) is 3.83. The number of ether oxygens (including phenoxy) is 1. The summed E-state index contributed by atoms with van der Waals surface area (Å²) in [6, 6.07) is 10.8. The molecule has 0 unspecified atom stereocenters. The number of carbonyl (C=O) groups is 1. The number of Topliss-reactive ketones (excluding diaryl/α,β-unsaturated/α-hetero) is 1. The molecule has 2 rings (SSSR count). The minimum atomic E-state index is -0.0835. The number of ketones is 1. The number of carbonyl (C=O) groups excluding carboxylic acids is 1. The Morgan fingerprint density at radius 1 is 1.15 bits per heavy atom. The Morgan fingerprint density at radius 2 is 1.90 bits per heavy atom. The molecule has 3 nitrogen and oxygen atoms in total. The second-order valence-corrected chi connectivity index (χ2v) is 4.67. The molecule has 0 aromatic heterocycles. The van der Waals surface area contributed by atoms with Gasteiger partial charge in [0.1, 0.15) is 11.5 Å². The quantitative estimate of drug-likeness (QED) is 0.859. The van der Waals surface area contributed by atoms with Gasteiger partial charge < -0.3 is 9.84 Å². The maximum atomic E-state index is 11.8. The van der Waals surface area contributed by atoms with Gasteiger partial charge in [0.25, 0.3) is 0 Å². The number of methoxy groups -OCH3 is 1. The monoisotopic (exact) mass is 270 g/mol. The van der Waals surface area contributed by atoms with Crippen molar-refractivity contribution in [2.24, 2.45) is 0 Å². The molecule has 0 saturated carbocycles. The van der Waals surface area contributed by atoms with Gasteiger partial charge in [0.2, 0.25) is 0 Å². The van der Waals surface area contributed by atoms with Gasteiger partial charge in [-0.15, -0.1) is 0 Å². The highest BCUT2D eigenvalue weighted by Gasteiger charge is 2.14. The third kappa shape index (κ3) is 2.67. The second-order valence-electron chi connectivity index (χ2n) is 4.67. The first kappa shape index (κ1) is 14.1. The summed E-state index contributed by atoms with van der Waals surface area (Å²) in [4.78, 5) is 11.8. The van der Waals surface area contributed by atoms with Crippen LogP contribution < -0.4 is 4.74 Å². The molecule has 0 heterocycles. The van der Waals surface area contributed by atoms with Crippen molar-refractivity contribution in [3.05, 3.63) is 47.5 Å². The molecule has 2 aromatic rings. The first-order valence-corrected chi connectivity index (χ1v) is 6.58. The summed E-state index contributed by atoms with van der Waals surface area (Å²) in [7, 11) is 1.61. The van der Waals surface area contributed by atoms with E-state index in [1.807, 2.05) is 18.2 Å². The number of benzene rings is 2. The van der Waals surface area contributed by atoms with Gasteiger partial charge in [-0.3, -0.25) is 4.79 Å². The van der Waals surface area contributed by atoms with Gasteiger partial charge in [0, 0.05) is 11.1 Å². The second kappa shape index (κ2) is 5.78. The molecule has 0 aliphatic carbocycles. The number of aryl methyl sites for hydroxylation is 1. The molecular formula is C17H18O3. The maximum absolute atomic E-state index is 11.8. The molecule has 0 aliphatic heterocycles. The minimum absolute atomic E-state index is 0.0835. The number of phenolic OH excluding ortho intramolecular Hbond substituents is 1. The molecule has 0 aliphatic rings.